The molecule has 0 spiro atoms. The van der Waals surface area contributed by atoms with Crippen molar-refractivity contribution in [2.24, 2.45) is 0 Å². The largest absolute Gasteiger partial charge is 0.494 e. The number of pyridine rings is 1. The molecule has 5 nitrogen and oxygen atoms in total. The van der Waals surface area contributed by atoms with E-state index >= 15 is 0 Å². The van der Waals surface area contributed by atoms with Crippen molar-refractivity contribution in [1.29, 1.82) is 0 Å². The number of para-hydroxylation sites is 1. The van der Waals surface area contributed by atoms with Gasteiger partial charge in [0.2, 0.25) is 0 Å². The van der Waals surface area contributed by atoms with Gasteiger partial charge in [0, 0.05) is 32.4 Å². The summed E-state index contributed by atoms with van der Waals surface area (Å²) in [4.78, 5) is 14.0. The second kappa shape index (κ2) is 6.88. The number of hydrogen-bond acceptors (Lipinski definition) is 6. The lowest BCUT2D eigenvalue weighted by atomic mass is 10.0. The van der Waals surface area contributed by atoms with Gasteiger partial charge in [0.1, 0.15) is 17.1 Å². The lowest BCUT2D eigenvalue weighted by Gasteiger charge is -2.37. The van der Waals surface area contributed by atoms with E-state index in [2.05, 4.69) is 34.0 Å². The molecular weight excluding hydrogens is 332 g/mol. The third-order valence-corrected chi connectivity index (χ3v) is 5.97. The molecule has 130 valence electrons. The van der Waals surface area contributed by atoms with Crippen LogP contribution in [0.15, 0.2) is 42.6 Å². The van der Waals surface area contributed by atoms with Crippen molar-refractivity contribution >= 4 is 32.5 Å². The van der Waals surface area contributed by atoms with E-state index in [4.69, 9.17) is 9.72 Å². The lowest BCUT2D eigenvalue weighted by molar-refractivity contribution is 0.419. The van der Waals surface area contributed by atoms with Gasteiger partial charge in [-0.15, -0.1) is 0 Å². The van der Waals surface area contributed by atoms with Crippen molar-refractivity contribution in [3.05, 3.63) is 42.6 Å². The number of ether oxygens (including phenoxy) is 1. The third kappa shape index (κ3) is 3.14. The summed E-state index contributed by atoms with van der Waals surface area (Å²) in [6.07, 6.45) is 4.08. The zero-order valence-corrected chi connectivity index (χ0v) is 15.4. The van der Waals surface area contributed by atoms with Crippen molar-refractivity contribution in [2.75, 3.05) is 37.0 Å². The maximum atomic E-state index is 5.44. The molecule has 3 aromatic rings. The zero-order valence-electron chi connectivity index (χ0n) is 14.6. The van der Waals surface area contributed by atoms with Gasteiger partial charge in [0.05, 0.1) is 11.8 Å². The van der Waals surface area contributed by atoms with Crippen molar-refractivity contribution in [2.45, 2.75) is 18.9 Å². The highest BCUT2D eigenvalue weighted by molar-refractivity contribution is 7.22. The van der Waals surface area contributed by atoms with Gasteiger partial charge in [-0.2, -0.15) is 0 Å². The fraction of sp³-hybridized carbons (Fsp3) is 0.368. The number of fused-ring (bicyclic) bond motifs is 1. The van der Waals surface area contributed by atoms with Crippen LogP contribution >= 0.6 is 11.3 Å². The summed E-state index contributed by atoms with van der Waals surface area (Å²) in [6.45, 7) is 2.04. The highest BCUT2D eigenvalue weighted by atomic mass is 32.1. The maximum absolute atomic E-state index is 5.44. The van der Waals surface area contributed by atoms with Crippen LogP contribution in [0.5, 0.6) is 5.75 Å². The van der Waals surface area contributed by atoms with Crippen LogP contribution in [0.4, 0.5) is 10.9 Å². The van der Waals surface area contributed by atoms with E-state index in [9.17, 15) is 0 Å². The Hall–Kier alpha value is -2.34. The second-order valence-electron chi connectivity index (χ2n) is 6.32. The first-order valence-electron chi connectivity index (χ1n) is 8.58. The molecule has 4 rings (SSSR count). The predicted molar refractivity (Wildman–Crippen MR) is 104 cm³/mol. The highest BCUT2D eigenvalue weighted by Gasteiger charge is 2.25. The van der Waals surface area contributed by atoms with E-state index in [1.165, 1.54) is 4.70 Å². The quantitative estimate of drug-likeness (QED) is 0.713. The Morgan fingerprint density at radius 2 is 2.00 bits per heavy atom. The summed E-state index contributed by atoms with van der Waals surface area (Å²) in [5.41, 5.74) is 0.970. The van der Waals surface area contributed by atoms with Gasteiger partial charge in [0.25, 0.3) is 0 Å². The Kier molecular flexibility index (Phi) is 4.44. The van der Waals surface area contributed by atoms with Crippen LogP contribution < -0.4 is 14.5 Å². The molecule has 0 atom stereocenters. The lowest BCUT2D eigenvalue weighted by Crippen LogP contribution is -2.43. The second-order valence-corrected chi connectivity index (χ2v) is 7.33. The van der Waals surface area contributed by atoms with E-state index < -0.39 is 0 Å². The Balaban J connectivity index is 1.47. The average molecular weight is 354 g/mol. The van der Waals surface area contributed by atoms with Gasteiger partial charge in [0.15, 0.2) is 5.13 Å². The van der Waals surface area contributed by atoms with Gasteiger partial charge in [-0.05, 0) is 37.1 Å². The Bertz CT molecular complexity index is 843. The standard InChI is InChI=1S/C19H22N4OS/c1-22(17-8-3-4-11-20-17)14-9-12-23(13-10-14)19-21-18-15(24-2)6-5-7-16(18)25-19/h3-8,11,14H,9-10,12-13H2,1-2H3. The minimum atomic E-state index is 0.523. The molecule has 1 aromatic carbocycles. The SMILES string of the molecule is COc1cccc2sc(N3CCC(N(C)c4ccccn4)CC3)nc12. The molecule has 1 aliphatic heterocycles. The van der Waals surface area contributed by atoms with Gasteiger partial charge in [-0.1, -0.05) is 23.5 Å². The van der Waals surface area contributed by atoms with Crippen LogP contribution in [0, 0.1) is 0 Å². The number of aromatic nitrogens is 2. The molecule has 1 aliphatic rings. The topological polar surface area (TPSA) is 41.5 Å². The molecule has 25 heavy (non-hydrogen) atoms. The summed E-state index contributed by atoms with van der Waals surface area (Å²) >= 11 is 1.75. The summed E-state index contributed by atoms with van der Waals surface area (Å²) < 4.78 is 6.62. The molecule has 0 bridgehead atoms. The van der Waals surface area contributed by atoms with E-state index in [1.54, 1.807) is 18.4 Å². The van der Waals surface area contributed by atoms with Crippen LogP contribution in [-0.4, -0.2) is 43.3 Å². The Morgan fingerprint density at radius 1 is 1.16 bits per heavy atom. The summed E-state index contributed by atoms with van der Waals surface area (Å²) in [6, 6.07) is 12.7. The summed E-state index contributed by atoms with van der Waals surface area (Å²) in [7, 11) is 3.85. The third-order valence-electron chi connectivity index (χ3n) is 4.88. The molecule has 0 aliphatic carbocycles. The van der Waals surface area contributed by atoms with Crippen LogP contribution in [0.25, 0.3) is 10.2 Å². The number of methoxy groups -OCH3 is 1. The number of rotatable bonds is 4. The molecule has 0 N–H and O–H groups in total. The highest BCUT2D eigenvalue weighted by Crippen LogP contribution is 2.35. The minimum Gasteiger partial charge on any atom is -0.494 e. The zero-order chi connectivity index (χ0) is 17.2. The first-order chi connectivity index (χ1) is 12.3. The van der Waals surface area contributed by atoms with Gasteiger partial charge < -0.3 is 14.5 Å². The van der Waals surface area contributed by atoms with E-state index in [-0.39, 0.29) is 0 Å². The minimum absolute atomic E-state index is 0.523. The molecule has 1 fully saturated rings. The van der Waals surface area contributed by atoms with E-state index in [1.807, 2.05) is 30.5 Å². The maximum Gasteiger partial charge on any atom is 0.186 e. The van der Waals surface area contributed by atoms with Crippen LogP contribution in [-0.2, 0) is 0 Å². The normalized spacial score (nSPS) is 15.5. The number of nitrogens with zero attached hydrogens (tertiary/aromatic N) is 4. The number of thiazole rings is 1. The molecule has 0 saturated carbocycles. The van der Waals surface area contributed by atoms with Crippen molar-refractivity contribution in [1.82, 2.24) is 9.97 Å². The molecule has 3 heterocycles. The number of piperidine rings is 1. The summed E-state index contributed by atoms with van der Waals surface area (Å²) in [5, 5.41) is 1.10. The Morgan fingerprint density at radius 3 is 2.72 bits per heavy atom. The Labute approximate surface area is 151 Å². The molecule has 1 saturated heterocycles. The van der Waals surface area contributed by atoms with Gasteiger partial charge in [-0.3, -0.25) is 0 Å². The fourth-order valence-electron chi connectivity index (χ4n) is 3.41. The average Bonchev–Trinajstić information content (AvgIpc) is 3.12. The molecule has 0 amide bonds. The first-order valence-corrected chi connectivity index (χ1v) is 9.40. The van der Waals surface area contributed by atoms with Crippen molar-refractivity contribution < 1.29 is 4.74 Å². The molecule has 0 unspecified atom stereocenters. The molecular formula is C19H22N4OS. The van der Waals surface area contributed by atoms with Crippen LogP contribution in [0.2, 0.25) is 0 Å². The molecule has 0 radical (unpaired) electrons. The summed E-state index contributed by atoms with van der Waals surface area (Å²) in [5.74, 6) is 1.90. The van der Waals surface area contributed by atoms with Crippen LogP contribution in [0.3, 0.4) is 0 Å². The molecule has 6 heteroatoms. The van der Waals surface area contributed by atoms with Gasteiger partial charge >= 0.3 is 0 Å². The number of hydrogen-bond donors (Lipinski definition) is 0. The predicted octanol–water partition coefficient (Wildman–Crippen LogP) is 3.81. The monoisotopic (exact) mass is 354 g/mol. The number of benzene rings is 1. The van der Waals surface area contributed by atoms with E-state index in [0.717, 1.165) is 48.1 Å². The fourth-order valence-corrected chi connectivity index (χ4v) is 4.44. The smallest absolute Gasteiger partial charge is 0.186 e. The molecule has 2 aromatic heterocycles. The van der Waals surface area contributed by atoms with E-state index in [0.29, 0.717) is 6.04 Å². The van der Waals surface area contributed by atoms with Crippen molar-refractivity contribution in [3.8, 4) is 5.75 Å². The van der Waals surface area contributed by atoms with Gasteiger partial charge in [-0.25, -0.2) is 9.97 Å². The number of anilines is 2. The first kappa shape index (κ1) is 16.1. The van der Waals surface area contributed by atoms with Crippen molar-refractivity contribution in [3.63, 3.8) is 0 Å². The van der Waals surface area contributed by atoms with Crippen LogP contribution in [0.1, 0.15) is 12.8 Å².